The average molecular weight is 392 g/mol. The Kier molecular flexibility index (Phi) is 4.91. The molecule has 28 heavy (non-hydrogen) atoms. The molecule has 0 aliphatic carbocycles. The molecule has 0 radical (unpaired) electrons. The average Bonchev–Trinajstić information content (AvgIpc) is 2.71. The molecule has 1 unspecified atom stereocenters. The molecule has 150 valence electrons. The molecule has 2 aliphatic rings. The Morgan fingerprint density at radius 3 is 2.57 bits per heavy atom. The van der Waals surface area contributed by atoms with Crippen LogP contribution in [0.5, 0.6) is 0 Å². The highest BCUT2D eigenvalue weighted by Gasteiger charge is 2.58. The second-order valence-corrected chi connectivity index (χ2v) is 6.84. The lowest BCUT2D eigenvalue weighted by Gasteiger charge is -2.53. The van der Waals surface area contributed by atoms with Crippen LogP contribution >= 0.6 is 0 Å². The number of ether oxygens (including phenoxy) is 3. The third-order valence-electron chi connectivity index (χ3n) is 5.04. The molecule has 2 saturated heterocycles. The van der Waals surface area contributed by atoms with Gasteiger partial charge in [0.15, 0.2) is 12.5 Å². The number of fused-ring (bicyclic) bond motifs is 1. The smallest absolute Gasteiger partial charge is 0.330 e. The molecule has 0 spiro atoms. The Labute approximate surface area is 158 Å². The molecule has 2 aromatic rings. The van der Waals surface area contributed by atoms with Gasteiger partial charge in [-0.15, -0.1) is 0 Å². The van der Waals surface area contributed by atoms with E-state index in [1.54, 1.807) is 24.3 Å². The Morgan fingerprint density at radius 1 is 1.14 bits per heavy atom. The monoisotopic (exact) mass is 392 g/mol. The predicted molar refractivity (Wildman–Crippen MR) is 93.3 cm³/mol. The Balaban J connectivity index is 1.66. The first-order chi connectivity index (χ1) is 13.4. The van der Waals surface area contributed by atoms with E-state index in [4.69, 9.17) is 14.2 Å². The largest absolute Gasteiger partial charge is 0.393 e. The standard InChI is InChI=1S/C18H20N2O8/c21-8-18-9-26-16(10-4-2-1-3-5-10)27-14(18)12(23)13(24)15(28-18)20-7-6-11(22)19-17(20)25/h1-7,12-16,21,23-24H,8-9H2,(H,19,22,25)/t12-,13?,14+,15-,16-,18-/m1/s1. The number of hydrogen-bond acceptors (Lipinski definition) is 8. The van der Waals surface area contributed by atoms with E-state index < -0.39 is 54.3 Å². The number of aromatic amines is 1. The van der Waals surface area contributed by atoms with Crippen LogP contribution in [0.4, 0.5) is 0 Å². The van der Waals surface area contributed by atoms with Gasteiger partial charge < -0.3 is 29.5 Å². The molecule has 4 N–H and O–H groups in total. The van der Waals surface area contributed by atoms with Crippen LogP contribution in [0.25, 0.3) is 0 Å². The van der Waals surface area contributed by atoms with Gasteiger partial charge in [0, 0.05) is 17.8 Å². The minimum atomic E-state index is -1.55. The molecule has 1 aromatic carbocycles. The van der Waals surface area contributed by atoms with Crippen LogP contribution in [-0.2, 0) is 14.2 Å². The summed E-state index contributed by atoms with van der Waals surface area (Å²) in [6.45, 7) is -0.732. The van der Waals surface area contributed by atoms with Crippen molar-refractivity contribution in [1.29, 1.82) is 0 Å². The van der Waals surface area contributed by atoms with E-state index in [1.807, 2.05) is 6.07 Å². The molecule has 0 saturated carbocycles. The van der Waals surface area contributed by atoms with Gasteiger partial charge in [-0.3, -0.25) is 14.3 Å². The first-order valence-electron chi connectivity index (χ1n) is 8.73. The van der Waals surface area contributed by atoms with Crippen LogP contribution in [0.15, 0.2) is 52.2 Å². The molecule has 6 atom stereocenters. The van der Waals surface area contributed by atoms with Crippen LogP contribution in [-0.4, -0.2) is 62.0 Å². The summed E-state index contributed by atoms with van der Waals surface area (Å²) >= 11 is 0. The van der Waals surface area contributed by atoms with Crippen molar-refractivity contribution in [3.8, 4) is 0 Å². The third kappa shape index (κ3) is 3.09. The quantitative estimate of drug-likeness (QED) is 0.501. The second-order valence-electron chi connectivity index (χ2n) is 6.84. The number of H-pyrrole nitrogens is 1. The summed E-state index contributed by atoms with van der Waals surface area (Å²) in [5.74, 6) is 0. The van der Waals surface area contributed by atoms with Crippen LogP contribution < -0.4 is 11.2 Å². The van der Waals surface area contributed by atoms with Crippen molar-refractivity contribution in [3.63, 3.8) is 0 Å². The van der Waals surface area contributed by atoms with Crippen molar-refractivity contribution in [1.82, 2.24) is 9.55 Å². The van der Waals surface area contributed by atoms with Crippen molar-refractivity contribution < 1.29 is 29.5 Å². The normalized spacial score (nSPS) is 35.3. The summed E-state index contributed by atoms with van der Waals surface area (Å²) in [7, 11) is 0. The van der Waals surface area contributed by atoms with E-state index >= 15 is 0 Å². The number of hydrogen-bond donors (Lipinski definition) is 4. The van der Waals surface area contributed by atoms with Crippen molar-refractivity contribution in [2.24, 2.45) is 0 Å². The zero-order chi connectivity index (χ0) is 19.9. The zero-order valence-corrected chi connectivity index (χ0v) is 14.7. The molecule has 2 aliphatic heterocycles. The van der Waals surface area contributed by atoms with Crippen molar-refractivity contribution in [2.75, 3.05) is 13.2 Å². The fourth-order valence-corrected chi connectivity index (χ4v) is 3.55. The number of aliphatic hydroxyl groups excluding tert-OH is 3. The summed E-state index contributed by atoms with van der Waals surface area (Å²) in [6.07, 6.45) is -5.18. The number of benzene rings is 1. The van der Waals surface area contributed by atoms with Gasteiger partial charge in [-0.05, 0) is 0 Å². The fraction of sp³-hybridized carbons (Fsp3) is 0.444. The van der Waals surface area contributed by atoms with Crippen molar-refractivity contribution in [3.05, 3.63) is 69.0 Å². The van der Waals surface area contributed by atoms with Crippen LogP contribution in [0.3, 0.4) is 0 Å². The lowest BCUT2D eigenvalue weighted by atomic mass is 9.86. The highest BCUT2D eigenvalue weighted by Crippen LogP contribution is 2.42. The number of nitrogens with zero attached hydrogens (tertiary/aromatic N) is 1. The van der Waals surface area contributed by atoms with Crippen LogP contribution in [0.2, 0.25) is 0 Å². The molecule has 4 rings (SSSR count). The van der Waals surface area contributed by atoms with E-state index in [1.165, 1.54) is 0 Å². The van der Waals surface area contributed by atoms with E-state index in [9.17, 15) is 24.9 Å². The molecule has 3 heterocycles. The fourth-order valence-electron chi connectivity index (χ4n) is 3.55. The molecule has 1 aromatic heterocycles. The summed E-state index contributed by atoms with van der Waals surface area (Å²) in [5, 5.41) is 31.3. The minimum Gasteiger partial charge on any atom is -0.393 e. The third-order valence-corrected chi connectivity index (χ3v) is 5.04. The van der Waals surface area contributed by atoms with E-state index in [2.05, 4.69) is 4.98 Å². The summed E-state index contributed by atoms with van der Waals surface area (Å²) in [6, 6.07) is 10.1. The van der Waals surface area contributed by atoms with Crippen LogP contribution in [0, 0.1) is 0 Å². The van der Waals surface area contributed by atoms with E-state index in [0.29, 0.717) is 5.56 Å². The van der Waals surface area contributed by atoms with Gasteiger partial charge in [0.1, 0.15) is 23.9 Å². The summed E-state index contributed by atoms with van der Waals surface area (Å²) in [5.41, 5.74) is -2.24. The van der Waals surface area contributed by atoms with Gasteiger partial charge in [0.25, 0.3) is 5.56 Å². The highest BCUT2D eigenvalue weighted by molar-refractivity contribution is 5.17. The number of rotatable bonds is 3. The zero-order valence-electron chi connectivity index (χ0n) is 14.7. The number of aromatic nitrogens is 2. The minimum absolute atomic E-state index is 0.147. The van der Waals surface area contributed by atoms with Crippen molar-refractivity contribution in [2.45, 2.75) is 36.4 Å². The van der Waals surface area contributed by atoms with Gasteiger partial charge in [-0.25, -0.2) is 4.79 Å². The topological polar surface area (TPSA) is 143 Å². The molecule has 0 bridgehead atoms. The molecule has 10 nitrogen and oxygen atoms in total. The Bertz CT molecular complexity index is 944. The Morgan fingerprint density at radius 2 is 1.89 bits per heavy atom. The second kappa shape index (κ2) is 7.24. The molecule has 0 amide bonds. The lowest BCUT2D eigenvalue weighted by molar-refractivity contribution is -0.382. The van der Waals surface area contributed by atoms with E-state index in [-0.39, 0.29) is 6.61 Å². The highest BCUT2D eigenvalue weighted by atomic mass is 16.7. The first-order valence-corrected chi connectivity index (χ1v) is 8.73. The predicted octanol–water partition coefficient (Wildman–Crippen LogP) is -1.37. The molecular formula is C18H20N2O8. The lowest BCUT2D eigenvalue weighted by Crippen LogP contribution is -2.69. The summed E-state index contributed by atoms with van der Waals surface area (Å²) < 4.78 is 18.3. The molecule has 2 fully saturated rings. The number of nitrogens with one attached hydrogen (secondary N) is 1. The van der Waals surface area contributed by atoms with Gasteiger partial charge in [-0.2, -0.15) is 0 Å². The van der Waals surface area contributed by atoms with Gasteiger partial charge in [0.05, 0.1) is 13.2 Å². The maximum atomic E-state index is 12.1. The maximum Gasteiger partial charge on any atom is 0.330 e. The van der Waals surface area contributed by atoms with Crippen molar-refractivity contribution >= 4 is 0 Å². The molecular weight excluding hydrogens is 372 g/mol. The molecule has 10 heteroatoms. The number of aliphatic hydroxyl groups is 3. The summed E-state index contributed by atoms with van der Waals surface area (Å²) in [4.78, 5) is 25.4. The first kappa shape index (κ1) is 19.0. The van der Waals surface area contributed by atoms with Gasteiger partial charge in [-0.1, -0.05) is 30.3 Å². The van der Waals surface area contributed by atoms with Crippen LogP contribution in [0.1, 0.15) is 18.1 Å². The maximum absolute atomic E-state index is 12.1. The van der Waals surface area contributed by atoms with E-state index in [0.717, 1.165) is 16.8 Å². The Hall–Kier alpha value is -2.34. The SMILES string of the molecule is O=c1ccn([C@@H]2O[C@]3(CO)CO[C@@H](c4ccccc4)O[C@H]3[C@H](O)C2O)c(=O)[nH]1. The van der Waals surface area contributed by atoms with Gasteiger partial charge >= 0.3 is 5.69 Å². The van der Waals surface area contributed by atoms with Gasteiger partial charge in [0.2, 0.25) is 0 Å².